The standard InChI is InChI=1S/C17H22N4O5/c1-8(2)23-7-11-12-17(4,26-9(3)24-12)15(25-11)21-6-5-10-13(21)19-16(18)20-14(10)22/h5-6,8,11-12,15H,3,7H2,1-2,4H3,(H3,18,19,20,22)/t11-,12-,15-,17-/m1/s1. The topological polar surface area (TPSA) is 114 Å². The maximum Gasteiger partial charge on any atom is 0.272 e. The van der Waals surface area contributed by atoms with Crippen molar-refractivity contribution in [1.29, 1.82) is 0 Å². The van der Waals surface area contributed by atoms with Crippen molar-refractivity contribution in [3.05, 3.63) is 35.1 Å². The Labute approximate surface area is 149 Å². The maximum atomic E-state index is 12.1. The number of aromatic amines is 1. The zero-order valence-corrected chi connectivity index (χ0v) is 14.9. The van der Waals surface area contributed by atoms with Crippen LogP contribution in [0.5, 0.6) is 0 Å². The summed E-state index contributed by atoms with van der Waals surface area (Å²) in [6.45, 7) is 9.92. The van der Waals surface area contributed by atoms with E-state index in [1.54, 1.807) is 16.8 Å². The van der Waals surface area contributed by atoms with Crippen molar-refractivity contribution in [2.75, 3.05) is 12.3 Å². The second-order valence-corrected chi connectivity index (χ2v) is 7.02. The minimum Gasteiger partial charge on any atom is -0.455 e. The normalized spacial score (nSPS) is 30.6. The van der Waals surface area contributed by atoms with Crippen LogP contribution < -0.4 is 11.3 Å². The molecule has 9 heteroatoms. The monoisotopic (exact) mass is 362 g/mol. The van der Waals surface area contributed by atoms with Gasteiger partial charge in [-0.3, -0.25) is 9.78 Å². The lowest BCUT2D eigenvalue weighted by Gasteiger charge is -2.27. The van der Waals surface area contributed by atoms with E-state index < -0.39 is 17.9 Å². The molecule has 0 spiro atoms. The molecule has 2 aromatic heterocycles. The van der Waals surface area contributed by atoms with E-state index in [9.17, 15) is 4.79 Å². The van der Waals surface area contributed by atoms with Crippen molar-refractivity contribution in [3.63, 3.8) is 0 Å². The van der Waals surface area contributed by atoms with E-state index in [0.29, 0.717) is 17.6 Å². The van der Waals surface area contributed by atoms with Gasteiger partial charge in [-0.25, -0.2) is 0 Å². The Morgan fingerprint density at radius 3 is 3.04 bits per heavy atom. The first-order valence-corrected chi connectivity index (χ1v) is 8.47. The zero-order chi connectivity index (χ0) is 18.6. The molecule has 0 unspecified atom stereocenters. The first-order chi connectivity index (χ1) is 12.3. The summed E-state index contributed by atoms with van der Waals surface area (Å²) in [5.74, 6) is 0.275. The van der Waals surface area contributed by atoms with Crippen LogP contribution in [0.4, 0.5) is 5.95 Å². The van der Waals surface area contributed by atoms with E-state index in [-0.39, 0.29) is 29.7 Å². The lowest BCUT2D eigenvalue weighted by molar-refractivity contribution is -0.114. The molecule has 4 heterocycles. The Kier molecular flexibility index (Phi) is 3.74. The number of nitrogens with one attached hydrogen (secondary N) is 1. The minimum absolute atomic E-state index is 0.0369. The lowest BCUT2D eigenvalue weighted by Crippen LogP contribution is -2.42. The molecule has 3 N–H and O–H groups in total. The summed E-state index contributed by atoms with van der Waals surface area (Å²) in [6.07, 6.45) is 0.453. The van der Waals surface area contributed by atoms with Gasteiger partial charge >= 0.3 is 0 Å². The summed E-state index contributed by atoms with van der Waals surface area (Å²) in [6, 6.07) is 1.67. The molecule has 2 saturated heterocycles. The third-order valence-electron chi connectivity index (χ3n) is 4.74. The zero-order valence-electron chi connectivity index (χ0n) is 14.9. The number of hydrogen-bond donors (Lipinski definition) is 2. The van der Waals surface area contributed by atoms with E-state index in [1.165, 1.54) is 0 Å². The average molecular weight is 362 g/mol. The Morgan fingerprint density at radius 2 is 2.31 bits per heavy atom. The Morgan fingerprint density at radius 1 is 1.54 bits per heavy atom. The molecule has 2 aromatic rings. The van der Waals surface area contributed by atoms with E-state index in [2.05, 4.69) is 16.5 Å². The number of nitrogens with zero attached hydrogens (tertiary/aromatic N) is 2. The van der Waals surface area contributed by atoms with Gasteiger partial charge in [0, 0.05) is 6.20 Å². The highest BCUT2D eigenvalue weighted by atomic mass is 16.8. The summed E-state index contributed by atoms with van der Waals surface area (Å²) in [5.41, 5.74) is 4.98. The maximum absolute atomic E-state index is 12.1. The second-order valence-electron chi connectivity index (χ2n) is 7.02. The molecule has 2 aliphatic rings. The van der Waals surface area contributed by atoms with Crippen LogP contribution in [0.15, 0.2) is 29.6 Å². The highest BCUT2D eigenvalue weighted by Crippen LogP contribution is 2.49. The molecule has 4 atom stereocenters. The molecule has 0 aromatic carbocycles. The van der Waals surface area contributed by atoms with Gasteiger partial charge in [0.15, 0.2) is 23.6 Å². The highest BCUT2D eigenvalue weighted by molar-refractivity contribution is 5.76. The van der Waals surface area contributed by atoms with Crippen LogP contribution in [0.3, 0.4) is 0 Å². The van der Waals surface area contributed by atoms with E-state index in [1.807, 2.05) is 20.8 Å². The Hall–Kier alpha value is -2.52. The third-order valence-corrected chi connectivity index (χ3v) is 4.74. The van der Waals surface area contributed by atoms with Crippen LogP contribution in [0.2, 0.25) is 0 Å². The summed E-state index contributed by atoms with van der Waals surface area (Å²) < 4.78 is 25.3. The van der Waals surface area contributed by atoms with Gasteiger partial charge in [-0.1, -0.05) is 0 Å². The van der Waals surface area contributed by atoms with Crippen molar-refractivity contribution in [2.24, 2.45) is 0 Å². The number of nitrogens with two attached hydrogens (primary N) is 1. The molecule has 0 amide bonds. The van der Waals surface area contributed by atoms with Gasteiger partial charge in [0.2, 0.25) is 5.95 Å². The predicted molar refractivity (Wildman–Crippen MR) is 93.3 cm³/mol. The fourth-order valence-electron chi connectivity index (χ4n) is 3.60. The molecule has 4 rings (SSSR count). The number of rotatable bonds is 4. The minimum atomic E-state index is -0.840. The molecular weight excluding hydrogens is 340 g/mol. The lowest BCUT2D eigenvalue weighted by atomic mass is 9.96. The van der Waals surface area contributed by atoms with E-state index in [4.69, 9.17) is 24.7 Å². The first kappa shape index (κ1) is 16.9. The Balaban J connectivity index is 1.76. The highest BCUT2D eigenvalue weighted by Gasteiger charge is 2.62. The van der Waals surface area contributed by atoms with Crippen LogP contribution >= 0.6 is 0 Å². The summed E-state index contributed by atoms with van der Waals surface area (Å²) in [4.78, 5) is 18.9. The number of anilines is 1. The molecule has 9 nitrogen and oxygen atoms in total. The third kappa shape index (κ3) is 2.46. The van der Waals surface area contributed by atoms with Gasteiger partial charge in [0.05, 0.1) is 18.1 Å². The second kappa shape index (κ2) is 5.75. The van der Waals surface area contributed by atoms with Crippen molar-refractivity contribution in [2.45, 2.75) is 50.9 Å². The molecule has 0 aliphatic carbocycles. The number of nitrogen functional groups attached to an aromatic ring is 1. The van der Waals surface area contributed by atoms with E-state index in [0.717, 1.165) is 0 Å². The summed E-state index contributed by atoms with van der Waals surface area (Å²) >= 11 is 0. The molecule has 26 heavy (non-hydrogen) atoms. The van der Waals surface area contributed by atoms with Crippen LogP contribution in [0.25, 0.3) is 11.0 Å². The Bertz CT molecular complexity index is 920. The predicted octanol–water partition coefficient (Wildman–Crippen LogP) is 1.27. The van der Waals surface area contributed by atoms with Crippen LogP contribution in [0.1, 0.15) is 27.0 Å². The molecule has 0 saturated carbocycles. The number of hydrogen-bond acceptors (Lipinski definition) is 7. The van der Waals surface area contributed by atoms with Gasteiger partial charge in [-0.15, -0.1) is 0 Å². The van der Waals surface area contributed by atoms with Crippen LogP contribution in [-0.2, 0) is 18.9 Å². The number of ether oxygens (including phenoxy) is 4. The smallest absolute Gasteiger partial charge is 0.272 e. The van der Waals surface area contributed by atoms with Gasteiger partial charge in [-0.05, 0) is 33.4 Å². The van der Waals surface area contributed by atoms with Gasteiger partial charge in [0.25, 0.3) is 11.5 Å². The SMILES string of the molecule is C=C1O[C@@H]2[C@@H](COC(C)C)O[C@@H](n3ccc4c(=O)[nH]c(N)nc43)[C@]2(C)O1. The molecular formula is C17H22N4O5. The molecule has 140 valence electrons. The van der Waals surface area contributed by atoms with Crippen LogP contribution in [-0.4, -0.2) is 45.1 Å². The van der Waals surface area contributed by atoms with Crippen molar-refractivity contribution in [3.8, 4) is 0 Å². The number of H-pyrrole nitrogens is 1. The number of fused-ring (bicyclic) bond motifs is 2. The molecule has 0 bridgehead atoms. The quantitative estimate of drug-likeness (QED) is 0.842. The number of aromatic nitrogens is 3. The van der Waals surface area contributed by atoms with Crippen molar-refractivity contribution >= 4 is 17.0 Å². The largest absolute Gasteiger partial charge is 0.455 e. The molecule has 2 aliphatic heterocycles. The van der Waals surface area contributed by atoms with Gasteiger partial charge in [-0.2, -0.15) is 4.98 Å². The van der Waals surface area contributed by atoms with Gasteiger partial charge < -0.3 is 29.2 Å². The summed E-state index contributed by atoms with van der Waals surface area (Å²) in [7, 11) is 0. The first-order valence-electron chi connectivity index (χ1n) is 8.47. The molecule has 0 radical (unpaired) electrons. The van der Waals surface area contributed by atoms with Crippen molar-refractivity contribution in [1.82, 2.24) is 14.5 Å². The van der Waals surface area contributed by atoms with E-state index >= 15 is 0 Å². The average Bonchev–Trinajstić information content (AvgIpc) is 3.15. The summed E-state index contributed by atoms with van der Waals surface area (Å²) in [5, 5.41) is 0.419. The fraction of sp³-hybridized carbons (Fsp3) is 0.529. The van der Waals surface area contributed by atoms with Gasteiger partial charge in [0.1, 0.15) is 6.10 Å². The van der Waals surface area contributed by atoms with Crippen LogP contribution in [0, 0.1) is 0 Å². The van der Waals surface area contributed by atoms with Crippen molar-refractivity contribution < 1.29 is 18.9 Å². The molecule has 2 fully saturated rings. The fourth-order valence-corrected chi connectivity index (χ4v) is 3.60.